The van der Waals surface area contributed by atoms with E-state index < -0.39 is 5.54 Å². The second-order valence-corrected chi connectivity index (χ2v) is 7.19. The van der Waals surface area contributed by atoms with Crippen LogP contribution in [0, 0.1) is 5.92 Å². The second-order valence-electron chi connectivity index (χ2n) is 7.19. The van der Waals surface area contributed by atoms with Gasteiger partial charge in [0, 0.05) is 18.8 Å². The van der Waals surface area contributed by atoms with Crippen molar-refractivity contribution in [3.8, 4) is 16.9 Å². The van der Waals surface area contributed by atoms with Gasteiger partial charge in [-0.1, -0.05) is 19.1 Å². The summed E-state index contributed by atoms with van der Waals surface area (Å²) in [4.78, 5) is 23.4. The summed E-state index contributed by atoms with van der Waals surface area (Å²) in [6.07, 6.45) is 5.07. The van der Waals surface area contributed by atoms with Gasteiger partial charge in [0.05, 0.1) is 13.3 Å². The van der Waals surface area contributed by atoms with Crippen molar-refractivity contribution in [3.63, 3.8) is 0 Å². The van der Waals surface area contributed by atoms with Crippen molar-refractivity contribution in [2.45, 2.75) is 25.3 Å². The lowest BCUT2D eigenvalue weighted by Gasteiger charge is -2.35. The molecule has 0 bridgehead atoms. The molecule has 6 nitrogen and oxygen atoms in total. The number of aromatic nitrogens is 1. The van der Waals surface area contributed by atoms with E-state index in [1.807, 2.05) is 6.07 Å². The second kappa shape index (κ2) is 5.83. The van der Waals surface area contributed by atoms with Crippen LogP contribution in [-0.2, 0) is 16.8 Å². The Hall–Kier alpha value is -2.89. The van der Waals surface area contributed by atoms with Gasteiger partial charge in [0.15, 0.2) is 11.5 Å². The zero-order chi connectivity index (χ0) is 18.5. The number of nitrogens with zero attached hydrogens (tertiary/aromatic N) is 3. The van der Waals surface area contributed by atoms with E-state index in [1.165, 1.54) is 4.90 Å². The Morgan fingerprint density at radius 3 is 2.77 bits per heavy atom. The third kappa shape index (κ3) is 2.36. The molecule has 2 N–H and O–H groups in total. The summed E-state index contributed by atoms with van der Waals surface area (Å²) in [6.45, 7) is 2.15. The van der Waals surface area contributed by atoms with Crippen LogP contribution in [0.3, 0.4) is 0 Å². The van der Waals surface area contributed by atoms with Gasteiger partial charge in [-0.05, 0) is 47.6 Å². The van der Waals surface area contributed by atoms with Crippen LogP contribution in [0.5, 0.6) is 5.75 Å². The van der Waals surface area contributed by atoms with Crippen molar-refractivity contribution in [1.82, 2.24) is 9.88 Å². The minimum absolute atomic E-state index is 0.0521. The Labute approximate surface area is 152 Å². The summed E-state index contributed by atoms with van der Waals surface area (Å²) >= 11 is 0. The zero-order valence-corrected chi connectivity index (χ0v) is 15.2. The van der Waals surface area contributed by atoms with Gasteiger partial charge in [-0.25, -0.2) is 4.99 Å². The lowest BCUT2D eigenvalue weighted by atomic mass is 9.71. The number of hydrogen-bond donors (Lipinski definition) is 1. The average molecular weight is 350 g/mol. The van der Waals surface area contributed by atoms with Gasteiger partial charge < -0.3 is 10.5 Å². The molecule has 1 aromatic carbocycles. The monoisotopic (exact) mass is 350 g/mol. The van der Waals surface area contributed by atoms with Gasteiger partial charge in [0.2, 0.25) is 0 Å². The maximum absolute atomic E-state index is 13.0. The van der Waals surface area contributed by atoms with Crippen LogP contribution in [0.4, 0.5) is 0 Å². The molecule has 0 saturated heterocycles. The Morgan fingerprint density at radius 2 is 2.08 bits per heavy atom. The standard InChI is InChI=1S/C20H22N4O2/c1-12-6-14-5-4-13(15-7-16(26-3)11-22-10-15)8-17(14)20(9-12)18(25)24(2)19(21)23-20/h4-5,7-8,10-12H,6,9H2,1-3H3,(H2,21,23)/t12-,20?/m0/s1. The molecule has 1 aliphatic heterocycles. The molecule has 26 heavy (non-hydrogen) atoms. The topological polar surface area (TPSA) is 80.8 Å². The summed E-state index contributed by atoms with van der Waals surface area (Å²) in [5.74, 6) is 1.29. The lowest BCUT2D eigenvalue weighted by Crippen LogP contribution is -2.43. The van der Waals surface area contributed by atoms with Crippen LogP contribution < -0.4 is 10.5 Å². The number of likely N-dealkylation sites (N-methyl/N-ethyl adjacent to an activating group) is 1. The minimum atomic E-state index is -0.909. The summed E-state index contributed by atoms with van der Waals surface area (Å²) < 4.78 is 5.28. The molecule has 1 unspecified atom stereocenters. The molecule has 2 aromatic rings. The highest BCUT2D eigenvalue weighted by Gasteiger charge is 2.51. The van der Waals surface area contributed by atoms with Crippen LogP contribution in [-0.4, -0.2) is 35.9 Å². The summed E-state index contributed by atoms with van der Waals surface area (Å²) in [5, 5.41) is 0. The van der Waals surface area contributed by atoms with Gasteiger partial charge >= 0.3 is 0 Å². The van der Waals surface area contributed by atoms with Gasteiger partial charge in [-0.15, -0.1) is 0 Å². The van der Waals surface area contributed by atoms with Crippen molar-refractivity contribution in [1.29, 1.82) is 0 Å². The molecular formula is C20H22N4O2. The van der Waals surface area contributed by atoms with E-state index in [2.05, 4.69) is 35.1 Å². The highest BCUT2D eigenvalue weighted by molar-refractivity contribution is 6.07. The number of hydrogen-bond acceptors (Lipinski definition) is 5. The van der Waals surface area contributed by atoms with E-state index in [9.17, 15) is 4.79 Å². The zero-order valence-electron chi connectivity index (χ0n) is 15.2. The fraction of sp³-hybridized carbons (Fsp3) is 0.350. The highest BCUT2D eigenvalue weighted by Crippen LogP contribution is 2.45. The van der Waals surface area contributed by atoms with Crippen LogP contribution in [0.15, 0.2) is 41.7 Å². The van der Waals surface area contributed by atoms with Gasteiger partial charge in [0.25, 0.3) is 5.91 Å². The van der Waals surface area contributed by atoms with E-state index in [1.54, 1.807) is 26.6 Å². The first kappa shape index (κ1) is 16.6. The number of carbonyl (C=O) groups is 1. The van der Waals surface area contributed by atoms with Crippen molar-refractivity contribution >= 4 is 11.9 Å². The molecule has 1 aliphatic carbocycles. The maximum atomic E-state index is 13.0. The Morgan fingerprint density at radius 1 is 1.27 bits per heavy atom. The normalized spacial score (nSPS) is 24.6. The predicted molar refractivity (Wildman–Crippen MR) is 99.8 cm³/mol. The van der Waals surface area contributed by atoms with Crippen molar-refractivity contribution in [3.05, 3.63) is 47.8 Å². The first-order chi connectivity index (χ1) is 12.4. The number of pyridine rings is 1. The van der Waals surface area contributed by atoms with E-state index in [-0.39, 0.29) is 11.9 Å². The predicted octanol–water partition coefficient (Wildman–Crippen LogP) is 2.32. The summed E-state index contributed by atoms with van der Waals surface area (Å²) in [5.41, 5.74) is 9.12. The van der Waals surface area contributed by atoms with Gasteiger partial charge in [0.1, 0.15) is 5.75 Å². The Bertz CT molecular complexity index is 924. The van der Waals surface area contributed by atoms with E-state index in [0.29, 0.717) is 18.1 Å². The fourth-order valence-corrected chi connectivity index (χ4v) is 4.08. The smallest absolute Gasteiger partial charge is 0.261 e. The van der Waals surface area contributed by atoms with E-state index >= 15 is 0 Å². The molecule has 1 aromatic heterocycles. The van der Waals surface area contributed by atoms with Gasteiger partial charge in [-0.3, -0.25) is 14.7 Å². The molecule has 134 valence electrons. The quantitative estimate of drug-likeness (QED) is 0.901. The number of nitrogens with two attached hydrogens (primary N) is 1. The molecule has 2 heterocycles. The maximum Gasteiger partial charge on any atom is 0.261 e. The molecule has 2 atom stereocenters. The number of rotatable bonds is 2. The Balaban J connectivity index is 1.88. The molecular weight excluding hydrogens is 328 g/mol. The van der Waals surface area contributed by atoms with Crippen molar-refractivity contribution in [2.75, 3.05) is 14.2 Å². The average Bonchev–Trinajstić information content (AvgIpc) is 2.85. The molecule has 0 saturated carbocycles. The molecule has 0 radical (unpaired) electrons. The number of methoxy groups -OCH3 is 1. The third-order valence-corrected chi connectivity index (χ3v) is 5.36. The highest BCUT2D eigenvalue weighted by atomic mass is 16.5. The minimum Gasteiger partial charge on any atom is -0.495 e. The molecule has 0 fully saturated rings. The molecule has 1 amide bonds. The fourth-order valence-electron chi connectivity index (χ4n) is 4.08. The van der Waals surface area contributed by atoms with Crippen molar-refractivity contribution < 1.29 is 9.53 Å². The largest absolute Gasteiger partial charge is 0.495 e. The van der Waals surface area contributed by atoms with Crippen LogP contribution >= 0.6 is 0 Å². The van der Waals surface area contributed by atoms with Crippen LogP contribution in [0.1, 0.15) is 24.5 Å². The van der Waals surface area contributed by atoms with Crippen molar-refractivity contribution in [2.24, 2.45) is 16.6 Å². The van der Waals surface area contributed by atoms with Gasteiger partial charge in [-0.2, -0.15) is 0 Å². The molecule has 6 heteroatoms. The Kier molecular flexibility index (Phi) is 3.72. The number of ether oxygens (including phenoxy) is 1. The van der Waals surface area contributed by atoms with E-state index in [4.69, 9.17) is 10.5 Å². The first-order valence-electron chi connectivity index (χ1n) is 8.71. The third-order valence-electron chi connectivity index (χ3n) is 5.36. The first-order valence-corrected chi connectivity index (χ1v) is 8.71. The number of benzene rings is 1. The number of aliphatic imine (C=N–C) groups is 1. The number of carbonyl (C=O) groups excluding carboxylic acids is 1. The van der Waals surface area contributed by atoms with E-state index in [0.717, 1.165) is 28.7 Å². The number of guanidine groups is 1. The molecule has 1 spiro atoms. The SMILES string of the molecule is COc1cncc(-c2ccc3c(c2)C2(C[C@@H](C)C3)N=C(N)N(C)C2=O)c1. The summed E-state index contributed by atoms with van der Waals surface area (Å²) in [7, 11) is 3.30. The molecule has 4 rings (SSSR count). The molecule has 2 aliphatic rings. The number of fused-ring (bicyclic) bond motifs is 2. The van der Waals surface area contributed by atoms with Crippen LogP contribution in [0.2, 0.25) is 0 Å². The summed E-state index contributed by atoms with van der Waals surface area (Å²) in [6, 6.07) is 8.16. The number of amides is 1. The lowest BCUT2D eigenvalue weighted by molar-refractivity contribution is -0.131. The van der Waals surface area contributed by atoms with Crippen LogP contribution in [0.25, 0.3) is 11.1 Å².